The number of aryl methyl sites for hydroxylation is 1. The minimum atomic E-state index is 0.207. The number of fused-ring (bicyclic) bond motifs is 1. The van der Waals surface area contributed by atoms with Crippen LogP contribution in [0.3, 0.4) is 0 Å². The van der Waals surface area contributed by atoms with E-state index >= 15 is 0 Å². The molecule has 0 N–H and O–H groups in total. The fourth-order valence-electron chi connectivity index (χ4n) is 3.77. The molecule has 0 atom stereocenters. The van der Waals surface area contributed by atoms with Crippen molar-refractivity contribution in [3.63, 3.8) is 0 Å². The van der Waals surface area contributed by atoms with E-state index in [-0.39, 0.29) is 5.78 Å². The third-order valence-corrected chi connectivity index (χ3v) is 5.88. The van der Waals surface area contributed by atoms with Crippen molar-refractivity contribution in [1.82, 2.24) is 4.57 Å². The van der Waals surface area contributed by atoms with Crippen LogP contribution in [-0.4, -0.2) is 10.4 Å². The van der Waals surface area contributed by atoms with E-state index in [2.05, 4.69) is 24.5 Å². The smallest absolute Gasteiger partial charge is 0.165 e. The Hall–Kier alpha value is -2.26. The zero-order chi connectivity index (χ0) is 20.1. The van der Waals surface area contributed by atoms with Crippen LogP contribution in [0.1, 0.15) is 55.6 Å². The Labute approximate surface area is 172 Å². The first-order valence-corrected chi connectivity index (χ1v) is 10.4. The van der Waals surface area contributed by atoms with Crippen molar-refractivity contribution < 1.29 is 9.53 Å². The highest BCUT2D eigenvalue weighted by atomic mass is 35.5. The molecule has 0 radical (unpaired) electrons. The molecule has 0 aliphatic rings. The number of hydrogen-bond donors (Lipinski definition) is 0. The van der Waals surface area contributed by atoms with E-state index in [0.29, 0.717) is 24.0 Å². The van der Waals surface area contributed by atoms with Crippen LogP contribution in [0, 0.1) is 5.92 Å². The topological polar surface area (TPSA) is 31.2 Å². The van der Waals surface area contributed by atoms with Gasteiger partial charge in [-0.3, -0.25) is 4.79 Å². The maximum Gasteiger partial charge on any atom is 0.165 e. The van der Waals surface area contributed by atoms with Crippen molar-refractivity contribution in [2.45, 2.75) is 46.1 Å². The van der Waals surface area contributed by atoms with E-state index < -0.39 is 0 Å². The molecule has 0 aliphatic heterocycles. The normalized spacial score (nSPS) is 11.3. The maximum atomic E-state index is 13.2. The highest BCUT2D eigenvalue weighted by molar-refractivity contribution is 6.30. The highest BCUT2D eigenvalue weighted by Crippen LogP contribution is 2.29. The molecular weight excluding hydrogens is 370 g/mol. The first-order valence-electron chi connectivity index (χ1n) is 10.0. The summed E-state index contributed by atoms with van der Waals surface area (Å²) in [5.41, 5.74) is 2.78. The van der Waals surface area contributed by atoms with Gasteiger partial charge in [-0.1, -0.05) is 56.5 Å². The van der Waals surface area contributed by atoms with Crippen molar-refractivity contribution in [2.75, 3.05) is 0 Å². The van der Waals surface area contributed by atoms with Crippen LogP contribution in [0.5, 0.6) is 5.75 Å². The van der Waals surface area contributed by atoms with Gasteiger partial charge < -0.3 is 9.30 Å². The lowest BCUT2D eigenvalue weighted by atomic mass is 9.93. The Morgan fingerprint density at radius 1 is 1.07 bits per heavy atom. The van der Waals surface area contributed by atoms with Crippen LogP contribution in [0.4, 0.5) is 0 Å². The van der Waals surface area contributed by atoms with Gasteiger partial charge in [0.2, 0.25) is 0 Å². The molecule has 0 bridgehead atoms. The lowest BCUT2D eigenvalue weighted by molar-refractivity contribution is 0.0971. The van der Waals surface area contributed by atoms with Gasteiger partial charge >= 0.3 is 0 Å². The summed E-state index contributed by atoms with van der Waals surface area (Å²) in [6.45, 7) is 4.74. The minimum absolute atomic E-state index is 0.207. The van der Waals surface area contributed by atoms with Gasteiger partial charge in [-0.05, 0) is 42.7 Å². The second-order valence-electron chi connectivity index (χ2n) is 7.28. The fraction of sp³-hybridized carbons (Fsp3) is 0.375. The summed E-state index contributed by atoms with van der Waals surface area (Å²) >= 11 is 5.95. The Kier molecular flexibility index (Phi) is 6.79. The molecule has 2 aromatic carbocycles. The summed E-state index contributed by atoms with van der Waals surface area (Å²) in [6.07, 6.45) is 3.75. The number of carbonyl (C=O) groups excluding carboxylic acids is 1. The van der Waals surface area contributed by atoms with Crippen molar-refractivity contribution in [3.8, 4) is 5.75 Å². The lowest BCUT2D eigenvalue weighted by Gasteiger charge is -2.13. The van der Waals surface area contributed by atoms with Gasteiger partial charge in [0.05, 0.1) is 5.69 Å². The number of aromatic nitrogens is 1. The molecule has 1 heterocycles. The predicted octanol–water partition coefficient (Wildman–Crippen LogP) is 6.81. The monoisotopic (exact) mass is 397 g/mol. The average molecular weight is 398 g/mol. The van der Waals surface area contributed by atoms with Crippen LogP contribution >= 0.6 is 11.6 Å². The Bertz CT molecular complexity index is 939. The van der Waals surface area contributed by atoms with Crippen LogP contribution in [0.15, 0.2) is 48.5 Å². The van der Waals surface area contributed by atoms with Crippen LogP contribution in [-0.2, 0) is 13.7 Å². The molecular formula is C24H28ClNO2. The fourth-order valence-corrected chi connectivity index (χ4v) is 3.89. The van der Waals surface area contributed by atoms with Gasteiger partial charge in [0.25, 0.3) is 0 Å². The number of Topliss-reactive ketones (excluding diaryl/α,β-unsaturated/α-hetero) is 1. The highest BCUT2D eigenvalue weighted by Gasteiger charge is 2.21. The predicted molar refractivity (Wildman–Crippen MR) is 116 cm³/mol. The summed E-state index contributed by atoms with van der Waals surface area (Å²) in [5, 5.41) is 1.68. The van der Waals surface area contributed by atoms with E-state index in [1.54, 1.807) is 12.1 Å². The molecule has 148 valence electrons. The summed E-state index contributed by atoms with van der Waals surface area (Å²) in [7, 11) is 2.00. The quantitative estimate of drug-likeness (QED) is 0.371. The molecule has 0 fully saturated rings. The molecule has 0 saturated heterocycles. The molecule has 0 saturated carbocycles. The molecule has 0 spiro atoms. The summed E-state index contributed by atoms with van der Waals surface area (Å²) in [6, 6.07) is 15.4. The van der Waals surface area contributed by atoms with Gasteiger partial charge in [-0.15, -0.1) is 0 Å². The second kappa shape index (κ2) is 9.29. The molecule has 0 aliphatic carbocycles. The number of halogens is 1. The van der Waals surface area contributed by atoms with E-state index in [9.17, 15) is 4.79 Å². The number of benzene rings is 2. The Morgan fingerprint density at radius 3 is 2.43 bits per heavy atom. The maximum absolute atomic E-state index is 13.2. The largest absolute Gasteiger partial charge is 0.487 e. The van der Waals surface area contributed by atoms with Crippen molar-refractivity contribution in [2.24, 2.45) is 13.0 Å². The summed E-state index contributed by atoms with van der Waals surface area (Å²) < 4.78 is 8.06. The number of para-hydroxylation sites is 1. The molecule has 28 heavy (non-hydrogen) atoms. The second-order valence-corrected chi connectivity index (χ2v) is 7.72. The van der Waals surface area contributed by atoms with Gasteiger partial charge in [-0.2, -0.15) is 0 Å². The van der Waals surface area contributed by atoms with Crippen LogP contribution in [0.2, 0.25) is 5.02 Å². The lowest BCUT2D eigenvalue weighted by Crippen LogP contribution is -2.10. The van der Waals surface area contributed by atoms with Crippen LogP contribution < -0.4 is 4.74 Å². The van der Waals surface area contributed by atoms with Crippen molar-refractivity contribution in [3.05, 3.63) is 64.8 Å². The molecule has 4 heteroatoms. The van der Waals surface area contributed by atoms with Crippen LogP contribution in [0.25, 0.3) is 10.9 Å². The van der Waals surface area contributed by atoms with Gasteiger partial charge in [0.15, 0.2) is 5.78 Å². The zero-order valence-electron chi connectivity index (χ0n) is 16.9. The average Bonchev–Trinajstić information content (AvgIpc) is 3.00. The summed E-state index contributed by atoms with van der Waals surface area (Å²) in [5.74, 6) is 1.55. The third kappa shape index (κ3) is 4.41. The number of rotatable bonds is 9. The van der Waals surface area contributed by atoms with Gasteiger partial charge in [0, 0.05) is 35.0 Å². The van der Waals surface area contributed by atoms with Gasteiger partial charge in [0.1, 0.15) is 12.4 Å². The molecule has 0 amide bonds. The first-order chi connectivity index (χ1) is 13.5. The Balaban J connectivity index is 1.89. The van der Waals surface area contributed by atoms with Gasteiger partial charge in [-0.25, -0.2) is 0 Å². The number of nitrogens with zero attached hydrogens (tertiary/aromatic N) is 1. The molecule has 3 aromatic rings. The van der Waals surface area contributed by atoms with E-state index in [1.165, 1.54) is 0 Å². The molecule has 0 unspecified atom stereocenters. The third-order valence-electron chi connectivity index (χ3n) is 5.63. The van der Waals surface area contributed by atoms with E-state index in [0.717, 1.165) is 47.2 Å². The number of ether oxygens (including phenoxy) is 1. The molecule has 1 aromatic heterocycles. The number of carbonyl (C=O) groups is 1. The zero-order valence-corrected chi connectivity index (χ0v) is 17.6. The minimum Gasteiger partial charge on any atom is -0.487 e. The van der Waals surface area contributed by atoms with E-state index in [1.807, 2.05) is 37.4 Å². The molecule has 3 nitrogen and oxygen atoms in total. The van der Waals surface area contributed by atoms with Crippen molar-refractivity contribution >= 4 is 28.3 Å². The van der Waals surface area contributed by atoms with Crippen molar-refractivity contribution in [1.29, 1.82) is 0 Å². The standard InChI is InChI=1S/C24H28ClNO2/c1-4-17(5-2)10-15-23(27)24-20-8-6-7-9-21(20)26(3)22(24)16-28-19-13-11-18(25)12-14-19/h6-9,11-14,17H,4-5,10,15-16H2,1-3H3. The summed E-state index contributed by atoms with van der Waals surface area (Å²) in [4.78, 5) is 13.2. The van der Waals surface area contributed by atoms with E-state index in [4.69, 9.17) is 16.3 Å². The number of ketones is 1. The SMILES string of the molecule is CCC(CC)CCC(=O)c1c(COc2ccc(Cl)cc2)n(C)c2ccccc12. The molecule has 3 rings (SSSR count). The number of hydrogen-bond acceptors (Lipinski definition) is 2. The first kappa shape index (κ1) is 20.5. The Morgan fingerprint density at radius 2 is 1.75 bits per heavy atom.